The van der Waals surface area contributed by atoms with Gasteiger partial charge < -0.3 is 5.73 Å². The number of benzene rings is 1. The molecule has 1 unspecified atom stereocenters. The second kappa shape index (κ2) is 6.14. The van der Waals surface area contributed by atoms with Crippen LogP contribution in [0.25, 0.3) is 0 Å². The number of carbonyl (C=O) groups is 1. The first-order chi connectivity index (χ1) is 7.24. The molecule has 0 aliphatic heterocycles. The molecule has 0 heterocycles. The summed E-state index contributed by atoms with van der Waals surface area (Å²) in [5.74, 6) is 0.110. The molecule has 0 amide bonds. The van der Waals surface area contributed by atoms with Gasteiger partial charge in [-0.2, -0.15) is 0 Å². The SMILES string of the molecule is C=CCCC(=O)C(N)Cc1ccccc1. The van der Waals surface area contributed by atoms with Crippen LogP contribution in [0.2, 0.25) is 0 Å². The van der Waals surface area contributed by atoms with Gasteiger partial charge in [0.1, 0.15) is 5.78 Å². The molecule has 1 aromatic rings. The summed E-state index contributed by atoms with van der Waals surface area (Å²) in [6, 6.07) is 9.45. The van der Waals surface area contributed by atoms with Gasteiger partial charge in [0.15, 0.2) is 0 Å². The summed E-state index contributed by atoms with van der Waals surface area (Å²) >= 11 is 0. The average molecular weight is 203 g/mol. The van der Waals surface area contributed by atoms with E-state index in [1.54, 1.807) is 6.08 Å². The topological polar surface area (TPSA) is 43.1 Å². The average Bonchev–Trinajstić information content (AvgIpc) is 2.27. The standard InChI is InChI=1S/C13H17NO/c1-2-3-9-13(15)12(14)10-11-7-5-4-6-8-11/h2,4-8,12H,1,3,9-10,14H2. The van der Waals surface area contributed by atoms with Gasteiger partial charge in [-0.3, -0.25) is 4.79 Å². The summed E-state index contributed by atoms with van der Waals surface area (Å²) in [7, 11) is 0. The van der Waals surface area contributed by atoms with Crippen LogP contribution in [0.3, 0.4) is 0 Å². The molecule has 80 valence electrons. The highest BCUT2D eigenvalue weighted by atomic mass is 16.1. The molecule has 0 bridgehead atoms. The molecule has 15 heavy (non-hydrogen) atoms. The number of Topliss-reactive ketones (excluding diaryl/α,β-unsaturated/α-hetero) is 1. The van der Waals surface area contributed by atoms with Crippen molar-refractivity contribution in [2.45, 2.75) is 25.3 Å². The third kappa shape index (κ3) is 4.09. The number of ketones is 1. The zero-order chi connectivity index (χ0) is 11.1. The molecule has 0 saturated heterocycles. The van der Waals surface area contributed by atoms with Crippen molar-refractivity contribution in [3.63, 3.8) is 0 Å². The number of allylic oxidation sites excluding steroid dienone is 1. The monoisotopic (exact) mass is 203 g/mol. The van der Waals surface area contributed by atoms with Gasteiger partial charge in [0.25, 0.3) is 0 Å². The molecule has 0 fully saturated rings. The van der Waals surface area contributed by atoms with E-state index in [2.05, 4.69) is 6.58 Å². The molecule has 0 radical (unpaired) electrons. The van der Waals surface area contributed by atoms with E-state index in [4.69, 9.17) is 5.73 Å². The maximum atomic E-state index is 11.5. The summed E-state index contributed by atoms with van der Waals surface area (Å²) in [5, 5.41) is 0. The Kier molecular flexibility index (Phi) is 4.78. The third-order valence-corrected chi connectivity index (χ3v) is 2.31. The molecule has 2 heteroatoms. The lowest BCUT2D eigenvalue weighted by molar-refractivity contribution is -0.120. The summed E-state index contributed by atoms with van der Waals surface area (Å²) in [4.78, 5) is 11.5. The van der Waals surface area contributed by atoms with Crippen molar-refractivity contribution in [1.82, 2.24) is 0 Å². The third-order valence-electron chi connectivity index (χ3n) is 2.31. The maximum absolute atomic E-state index is 11.5. The lowest BCUT2D eigenvalue weighted by atomic mass is 10.0. The molecule has 1 atom stereocenters. The van der Waals surface area contributed by atoms with Crippen LogP contribution >= 0.6 is 0 Å². The van der Waals surface area contributed by atoms with Gasteiger partial charge in [-0.15, -0.1) is 6.58 Å². The minimum Gasteiger partial charge on any atom is -0.321 e. The first kappa shape index (κ1) is 11.7. The lowest BCUT2D eigenvalue weighted by Crippen LogP contribution is -2.32. The molecule has 0 saturated carbocycles. The second-order valence-corrected chi connectivity index (χ2v) is 3.59. The largest absolute Gasteiger partial charge is 0.321 e. The van der Waals surface area contributed by atoms with Crippen LogP contribution < -0.4 is 5.73 Å². The van der Waals surface area contributed by atoms with E-state index < -0.39 is 0 Å². The first-order valence-electron chi connectivity index (χ1n) is 5.17. The molecular weight excluding hydrogens is 186 g/mol. The van der Waals surface area contributed by atoms with Crippen LogP contribution in [-0.2, 0) is 11.2 Å². The van der Waals surface area contributed by atoms with E-state index >= 15 is 0 Å². The van der Waals surface area contributed by atoms with Crippen molar-refractivity contribution in [3.8, 4) is 0 Å². The van der Waals surface area contributed by atoms with Crippen molar-refractivity contribution in [3.05, 3.63) is 48.6 Å². The van der Waals surface area contributed by atoms with Crippen molar-refractivity contribution >= 4 is 5.78 Å². The highest BCUT2D eigenvalue weighted by Crippen LogP contribution is 2.04. The van der Waals surface area contributed by atoms with Crippen molar-refractivity contribution < 1.29 is 4.79 Å². The van der Waals surface area contributed by atoms with Gasteiger partial charge in [-0.1, -0.05) is 36.4 Å². The molecule has 2 nitrogen and oxygen atoms in total. The Hall–Kier alpha value is -1.41. The molecule has 1 rings (SSSR count). The van der Waals surface area contributed by atoms with Gasteiger partial charge in [-0.25, -0.2) is 0 Å². The van der Waals surface area contributed by atoms with E-state index in [0.29, 0.717) is 19.3 Å². The van der Waals surface area contributed by atoms with Gasteiger partial charge >= 0.3 is 0 Å². The zero-order valence-electron chi connectivity index (χ0n) is 8.86. The fourth-order valence-corrected chi connectivity index (χ4v) is 1.41. The Bertz CT molecular complexity index is 319. The van der Waals surface area contributed by atoms with E-state index in [1.165, 1.54) is 0 Å². The number of hydrogen-bond acceptors (Lipinski definition) is 2. The highest BCUT2D eigenvalue weighted by Gasteiger charge is 2.12. The van der Waals surface area contributed by atoms with E-state index in [1.807, 2.05) is 30.3 Å². The van der Waals surface area contributed by atoms with Gasteiger partial charge in [-0.05, 0) is 18.4 Å². The number of rotatable bonds is 6. The minimum absolute atomic E-state index is 0.110. The lowest BCUT2D eigenvalue weighted by Gasteiger charge is -2.09. The predicted octanol–water partition coefficient (Wildman–Crippen LogP) is 2.09. The molecule has 1 aromatic carbocycles. The van der Waals surface area contributed by atoms with Crippen LogP contribution in [0, 0.1) is 0 Å². The first-order valence-corrected chi connectivity index (χ1v) is 5.17. The van der Waals surface area contributed by atoms with Crippen molar-refractivity contribution in [1.29, 1.82) is 0 Å². The maximum Gasteiger partial charge on any atom is 0.150 e. The summed E-state index contributed by atoms with van der Waals surface area (Å²) in [6.45, 7) is 3.58. The Labute approximate surface area is 90.8 Å². The number of carbonyl (C=O) groups excluding carboxylic acids is 1. The van der Waals surface area contributed by atoms with Crippen LogP contribution in [0.15, 0.2) is 43.0 Å². The molecule has 0 aromatic heterocycles. The number of nitrogens with two attached hydrogens (primary N) is 1. The quantitative estimate of drug-likeness (QED) is 0.719. The Balaban J connectivity index is 2.45. The Morgan fingerprint density at radius 3 is 2.67 bits per heavy atom. The second-order valence-electron chi connectivity index (χ2n) is 3.59. The number of hydrogen-bond donors (Lipinski definition) is 1. The van der Waals surface area contributed by atoms with E-state index in [9.17, 15) is 4.79 Å². The summed E-state index contributed by atoms with van der Waals surface area (Å²) in [6.07, 6.45) is 3.57. The van der Waals surface area contributed by atoms with Crippen molar-refractivity contribution in [2.75, 3.05) is 0 Å². The van der Waals surface area contributed by atoms with Crippen molar-refractivity contribution in [2.24, 2.45) is 5.73 Å². The normalized spacial score (nSPS) is 12.1. The molecule has 0 aliphatic rings. The van der Waals surface area contributed by atoms with Crippen LogP contribution in [-0.4, -0.2) is 11.8 Å². The Morgan fingerprint density at radius 1 is 1.40 bits per heavy atom. The Morgan fingerprint density at radius 2 is 2.07 bits per heavy atom. The molecule has 0 spiro atoms. The fourth-order valence-electron chi connectivity index (χ4n) is 1.41. The van der Waals surface area contributed by atoms with Crippen LogP contribution in [0.1, 0.15) is 18.4 Å². The van der Waals surface area contributed by atoms with Gasteiger partial charge in [0.2, 0.25) is 0 Å². The summed E-state index contributed by atoms with van der Waals surface area (Å²) < 4.78 is 0. The molecular formula is C13H17NO. The van der Waals surface area contributed by atoms with E-state index in [-0.39, 0.29) is 11.8 Å². The van der Waals surface area contributed by atoms with Gasteiger partial charge in [0, 0.05) is 6.42 Å². The smallest absolute Gasteiger partial charge is 0.150 e. The summed E-state index contributed by atoms with van der Waals surface area (Å²) in [5.41, 5.74) is 6.91. The molecule has 2 N–H and O–H groups in total. The van der Waals surface area contributed by atoms with Crippen LogP contribution in [0.5, 0.6) is 0 Å². The fraction of sp³-hybridized carbons (Fsp3) is 0.308. The van der Waals surface area contributed by atoms with E-state index in [0.717, 1.165) is 5.56 Å². The van der Waals surface area contributed by atoms with Crippen LogP contribution in [0.4, 0.5) is 0 Å². The molecule has 0 aliphatic carbocycles. The predicted molar refractivity (Wildman–Crippen MR) is 62.6 cm³/mol. The minimum atomic E-state index is -0.382. The zero-order valence-corrected chi connectivity index (χ0v) is 8.86. The van der Waals surface area contributed by atoms with Gasteiger partial charge in [0.05, 0.1) is 6.04 Å². The highest BCUT2D eigenvalue weighted by molar-refractivity contribution is 5.84.